The number of nitrogens with zero attached hydrogens (tertiary/aromatic N) is 3. The quantitative estimate of drug-likeness (QED) is 0.360. The number of benzene rings is 2. The van der Waals surface area contributed by atoms with Gasteiger partial charge in [0.2, 0.25) is 4.96 Å². The molecular weight excluding hydrogens is 474 g/mol. The van der Waals surface area contributed by atoms with Crippen molar-refractivity contribution < 1.29 is 4.42 Å². The molecule has 5 aromatic rings. The fourth-order valence-corrected chi connectivity index (χ4v) is 4.32. The number of hydrogen-bond donors (Lipinski definition) is 0. The summed E-state index contributed by atoms with van der Waals surface area (Å²) < 4.78 is 8.69. The smallest absolute Gasteiger partial charge is 0.291 e. The van der Waals surface area contributed by atoms with Crippen molar-refractivity contribution in [3.63, 3.8) is 0 Å². The van der Waals surface area contributed by atoms with E-state index < -0.39 is 0 Å². The molecule has 3 heterocycles. The van der Waals surface area contributed by atoms with Crippen LogP contribution in [0.4, 0.5) is 0 Å². The number of aromatic nitrogens is 3. The molecule has 0 spiro atoms. The van der Waals surface area contributed by atoms with Crippen LogP contribution in [0.25, 0.3) is 33.7 Å². The largest absolute Gasteiger partial charge is 0.457 e. The molecule has 5 nitrogen and oxygen atoms in total. The lowest BCUT2D eigenvalue weighted by atomic mass is 10.2. The van der Waals surface area contributed by atoms with E-state index in [1.54, 1.807) is 18.2 Å². The summed E-state index contributed by atoms with van der Waals surface area (Å²) in [7, 11) is 0. The van der Waals surface area contributed by atoms with E-state index in [9.17, 15) is 4.79 Å². The summed E-state index contributed by atoms with van der Waals surface area (Å²) in [5.41, 5.74) is 1.54. The second-order valence-corrected chi connectivity index (χ2v) is 8.63. The van der Waals surface area contributed by atoms with Crippen LogP contribution in [-0.4, -0.2) is 14.6 Å². The number of furan rings is 1. The van der Waals surface area contributed by atoms with Gasteiger partial charge < -0.3 is 4.42 Å². The minimum absolute atomic E-state index is 0.224. The van der Waals surface area contributed by atoms with E-state index in [-0.39, 0.29) is 5.56 Å². The molecule has 5 rings (SSSR count). The Morgan fingerprint density at radius 3 is 2.66 bits per heavy atom. The molecule has 0 N–H and O–H groups in total. The highest BCUT2D eigenvalue weighted by molar-refractivity contribution is 9.10. The summed E-state index contributed by atoms with van der Waals surface area (Å²) in [5, 5.41) is 4.98. The first-order valence-electron chi connectivity index (χ1n) is 8.60. The van der Waals surface area contributed by atoms with E-state index in [0.29, 0.717) is 26.1 Å². The van der Waals surface area contributed by atoms with Gasteiger partial charge in [-0.1, -0.05) is 51.0 Å². The molecule has 0 aliphatic rings. The minimum Gasteiger partial charge on any atom is -0.457 e. The van der Waals surface area contributed by atoms with Crippen LogP contribution in [-0.2, 0) is 0 Å². The Hall–Kier alpha value is -2.74. The lowest BCUT2D eigenvalue weighted by Crippen LogP contribution is -2.23. The predicted molar refractivity (Wildman–Crippen MR) is 118 cm³/mol. The third kappa shape index (κ3) is 3.53. The second kappa shape index (κ2) is 7.26. The van der Waals surface area contributed by atoms with Crippen LogP contribution < -0.4 is 10.1 Å². The zero-order chi connectivity index (χ0) is 20.0. The Bertz CT molecular complexity index is 1450. The van der Waals surface area contributed by atoms with Gasteiger partial charge in [0, 0.05) is 26.7 Å². The van der Waals surface area contributed by atoms with Crippen molar-refractivity contribution in [3.8, 4) is 22.7 Å². The van der Waals surface area contributed by atoms with Crippen LogP contribution in [0.1, 0.15) is 5.76 Å². The third-order valence-corrected chi connectivity index (χ3v) is 6.00. The Kier molecular flexibility index (Phi) is 4.58. The number of rotatable bonds is 3. The summed E-state index contributed by atoms with van der Waals surface area (Å²) in [6, 6.07) is 18.7. The van der Waals surface area contributed by atoms with Crippen molar-refractivity contribution in [2.75, 3.05) is 0 Å². The second-order valence-electron chi connectivity index (χ2n) is 6.26. The van der Waals surface area contributed by atoms with Gasteiger partial charge in [0.1, 0.15) is 16.1 Å². The summed E-state index contributed by atoms with van der Waals surface area (Å²) in [4.78, 5) is 17.7. The van der Waals surface area contributed by atoms with Gasteiger partial charge >= 0.3 is 0 Å². The van der Waals surface area contributed by atoms with Gasteiger partial charge in [0.05, 0.1) is 0 Å². The molecule has 0 atom stereocenters. The number of fused-ring (bicyclic) bond motifs is 1. The van der Waals surface area contributed by atoms with Crippen molar-refractivity contribution in [1.29, 1.82) is 0 Å². The highest BCUT2D eigenvalue weighted by atomic mass is 79.9. The van der Waals surface area contributed by atoms with Gasteiger partial charge in [-0.05, 0) is 48.5 Å². The fourth-order valence-electron chi connectivity index (χ4n) is 2.91. The van der Waals surface area contributed by atoms with Gasteiger partial charge in [-0.15, -0.1) is 5.10 Å². The van der Waals surface area contributed by atoms with Crippen LogP contribution in [0.15, 0.2) is 74.3 Å². The molecule has 2 aromatic carbocycles. The average Bonchev–Trinajstić information content (AvgIpc) is 3.41. The van der Waals surface area contributed by atoms with Gasteiger partial charge in [0.25, 0.3) is 5.56 Å². The fraction of sp³-hybridized carbons (Fsp3) is 0. The summed E-state index contributed by atoms with van der Waals surface area (Å²) in [5.74, 6) is 1.82. The molecule has 0 amide bonds. The first-order chi connectivity index (χ1) is 14.1. The van der Waals surface area contributed by atoms with E-state index in [4.69, 9.17) is 16.0 Å². The number of halogens is 2. The third-order valence-electron chi connectivity index (χ3n) is 4.29. The maximum atomic E-state index is 12.7. The van der Waals surface area contributed by atoms with Crippen molar-refractivity contribution in [2.45, 2.75) is 0 Å². The molecule has 0 saturated carbocycles. The van der Waals surface area contributed by atoms with Crippen molar-refractivity contribution in [1.82, 2.24) is 14.6 Å². The van der Waals surface area contributed by atoms with Crippen molar-refractivity contribution >= 4 is 49.9 Å². The van der Waals surface area contributed by atoms with Crippen LogP contribution >= 0.6 is 38.9 Å². The van der Waals surface area contributed by atoms with Crippen molar-refractivity contribution in [2.24, 2.45) is 0 Å². The van der Waals surface area contributed by atoms with Gasteiger partial charge in [-0.2, -0.15) is 9.50 Å². The Morgan fingerprint density at radius 2 is 1.90 bits per heavy atom. The Balaban J connectivity index is 1.52. The van der Waals surface area contributed by atoms with E-state index in [1.165, 1.54) is 15.9 Å². The maximum Gasteiger partial charge on any atom is 0.291 e. The van der Waals surface area contributed by atoms with Crippen LogP contribution in [0.3, 0.4) is 0 Å². The Morgan fingerprint density at radius 1 is 1.07 bits per heavy atom. The van der Waals surface area contributed by atoms with Crippen molar-refractivity contribution in [3.05, 3.63) is 90.8 Å². The Labute approximate surface area is 182 Å². The van der Waals surface area contributed by atoms with E-state index in [1.807, 2.05) is 48.5 Å². The lowest BCUT2D eigenvalue weighted by molar-refractivity contribution is 0.571. The number of thiazole rings is 1. The SMILES string of the molecule is O=c1/c(=C/c2ccc(-c3cccc(Br)c3)o2)sc2nc(-c3ccc(Cl)cc3)nn12. The first-order valence-corrected chi connectivity index (χ1v) is 10.6. The highest BCUT2D eigenvalue weighted by Crippen LogP contribution is 2.25. The zero-order valence-corrected chi connectivity index (χ0v) is 17.8. The standard InChI is InChI=1S/C21H11BrClN3O2S/c22-14-3-1-2-13(10-14)17-9-8-16(28-17)11-18-20(27)26-21(29-18)24-19(25-26)12-4-6-15(23)7-5-12/h1-11H/b18-11-. The summed E-state index contributed by atoms with van der Waals surface area (Å²) in [6.45, 7) is 0. The van der Waals surface area contributed by atoms with E-state index in [0.717, 1.165) is 21.4 Å². The molecular formula is C21H11BrClN3O2S. The van der Waals surface area contributed by atoms with E-state index in [2.05, 4.69) is 26.0 Å². The molecule has 0 saturated heterocycles. The molecule has 0 fully saturated rings. The molecule has 0 aliphatic heterocycles. The van der Waals surface area contributed by atoms with Crippen LogP contribution in [0, 0.1) is 0 Å². The minimum atomic E-state index is -0.224. The van der Waals surface area contributed by atoms with Crippen LogP contribution in [0.2, 0.25) is 5.02 Å². The predicted octanol–water partition coefficient (Wildman–Crippen LogP) is 5.04. The maximum absolute atomic E-state index is 12.7. The molecule has 8 heteroatoms. The van der Waals surface area contributed by atoms with Crippen LogP contribution in [0.5, 0.6) is 0 Å². The molecule has 142 valence electrons. The molecule has 0 aliphatic carbocycles. The lowest BCUT2D eigenvalue weighted by Gasteiger charge is -1.96. The zero-order valence-electron chi connectivity index (χ0n) is 14.7. The summed E-state index contributed by atoms with van der Waals surface area (Å²) >= 11 is 10.7. The van der Waals surface area contributed by atoms with Gasteiger partial charge in [0.15, 0.2) is 5.82 Å². The van der Waals surface area contributed by atoms with Gasteiger partial charge in [-0.25, -0.2) is 0 Å². The highest BCUT2D eigenvalue weighted by Gasteiger charge is 2.12. The molecule has 29 heavy (non-hydrogen) atoms. The van der Waals surface area contributed by atoms with Gasteiger partial charge in [-0.3, -0.25) is 4.79 Å². The molecule has 3 aromatic heterocycles. The van der Waals surface area contributed by atoms with E-state index >= 15 is 0 Å². The topological polar surface area (TPSA) is 60.4 Å². The molecule has 0 radical (unpaired) electrons. The first kappa shape index (κ1) is 18.3. The number of hydrogen-bond acceptors (Lipinski definition) is 5. The normalized spacial score (nSPS) is 12.1. The summed E-state index contributed by atoms with van der Waals surface area (Å²) in [6.07, 6.45) is 1.72. The average molecular weight is 485 g/mol. The monoisotopic (exact) mass is 483 g/mol. The molecule has 0 bridgehead atoms. The molecule has 0 unspecified atom stereocenters.